The number of rotatable bonds is 7. The van der Waals surface area contributed by atoms with Gasteiger partial charge in [-0.25, -0.2) is 13.1 Å². The fourth-order valence-corrected chi connectivity index (χ4v) is 4.20. The quantitative estimate of drug-likeness (QED) is 0.795. The van der Waals surface area contributed by atoms with Crippen LogP contribution in [0.3, 0.4) is 0 Å². The van der Waals surface area contributed by atoms with Gasteiger partial charge in [-0.1, -0.05) is 26.3 Å². The van der Waals surface area contributed by atoms with Crippen molar-refractivity contribution in [1.82, 2.24) is 4.72 Å². The molecule has 0 aromatic heterocycles. The lowest BCUT2D eigenvalue weighted by Crippen LogP contribution is -2.34. The highest BCUT2D eigenvalue weighted by atomic mass is 79.9. The van der Waals surface area contributed by atoms with Crippen LogP contribution in [0.4, 0.5) is 0 Å². The van der Waals surface area contributed by atoms with Crippen LogP contribution in [0, 0.1) is 0 Å². The monoisotopic (exact) mass is 349 g/mol. The van der Waals surface area contributed by atoms with Crippen LogP contribution in [0.25, 0.3) is 0 Å². The highest BCUT2D eigenvalue weighted by Gasteiger charge is 2.21. The second-order valence-electron chi connectivity index (χ2n) is 4.44. The lowest BCUT2D eigenvalue weighted by molar-refractivity contribution is 0.281. The minimum absolute atomic E-state index is 0.0558. The number of nitrogens with one attached hydrogen (secondary N) is 1. The summed E-state index contributed by atoms with van der Waals surface area (Å²) in [4.78, 5) is 0.175. The SMILES string of the molecule is CCCC(CC)NS(=O)(=O)c1cc(CO)ccc1Br. The summed E-state index contributed by atoms with van der Waals surface area (Å²) in [5, 5.41) is 9.10. The van der Waals surface area contributed by atoms with Gasteiger partial charge >= 0.3 is 0 Å². The molecular weight excluding hydrogens is 330 g/mol. The fraction of sp³-hybridized carbons (Fsp3) is 0.538. The van der Waals surface area contributed by atoms with E-state index in [0.717, 1.165) is 19.3 Å². The van der Waals surface area contributed by atoms with Crippen molar-refractivity contribution < 1.29 is 13.5 Å². The molecule has 0 saturated carbocycles. The summed E-state index contributed by atoms with van der Waals surface area (Å²) in [5.41, 5.74) is 0.576. The number of halogens is 1. The Kier molecular flexibility index (Phi) is 6.46. The Balaban J connectivity index is 3.05. The number of hydrogen-bond donors (Lipinski definition) is 2. The normalized spacial score (nSPS) is 13.5. The van der Waals surface area contributed by atoms with E-state index in [1.54, 1.807) is 12.1 Å². The molecule has 1 rings (SSSR count). The molecule has 1 aromatic rings. The summed E-state index contributed by atoms with van der Waals surface area (Å²) in [6.07, 6.45) is 2.50. The third-order valence-corrected chi connectivity index (χ3v) is 5.43. The van der Waals surface area contributed by atoms with Gasteiger partial charge in [-0.15, -0.1) is 0 Å². The Hall–Kier alpha value is -0.430. The van der Waals surface area contributed by atoms with Gasteiger partial charge in [-0.2, -0.15) is 0 Å². The first kappa shape index (κ1) is 16.6. The molecule has 108 valence electrons. The zero-order valence-corrected chi connectivity index (χ0v) is 13.6. The topological polar surface area (TPSA) is 66.4 Å². The van der Waals surface area contributed by atoms with E-state index in [1.165, 1.54) is 6.07 Å². The molecule has 0 bridgehead atoms. The van der Waals surface area contributed by atoms with Gasteiger partial charge in [0.25, 0.3) is 0 Å². The Bertz CT molecular complexity index is 517. The van der Waals surface area contributed by atoms with Gasteiger partial charge in [0, 0.05) is 10.5 Å². The van der Waals surface area contributed by atoms with Gasteiger partial charge in [-0.3, -0.25) is 0 Å². The van der Waals surface area contributed by atoms with Gasteiger partial charge in [0.05, 0.1) is 11.5 Å². The fourth-order valence-electron chi connectivity index (χ4n) is 1.83. The summed E-state index contributed by atoms with van der Waals surface area (Å²) in [5.74, 6) is 0. The number of hydrogen-bond acceptors (Lipinski definition) is 3. The summed E-state index contributed by atoms with van der Waals surface area (Å²) in [6.45, 7) is 3.81. The minimum Gasteiger partial charge on any atom is -0.392 e. The Morgan fingerprint density at radius 1 is 1.37 bits per heavy atom. The smallest absolute Gasteiger partial charge is 0.241 e. The lowest BCUT2D eigenvalue weighted by atomic mass is 10.1. The molecule has 6 heteroatoms. The first-order valence-electron chi connectivity index (χ1n) is 6.36. The predicted molar refractivity (Wildman–Crippen MR) is 79.4 cm³/mol. The van der Waals surface area contributed by atoms with E-state index in [4.69, 9.17) is 5.11 Å². The molecule has 0 spiro atoms. The maximum absolute atomic E-state index is 12.3. The molecule has 0 aliphatic heterocycles. The molecule has 0 saturated heterocycles. The van der Waals surface area contributed by atoms with Crippen molar-refractivity contribution in [2.24, 2.45) is 0 Å². The second kappa shape index (κ2) is 7.38. The molecule has 4 nitrogen and oxygen atoms in total. The molecule has 0 aliphatic rings. The molecule has 2 N–H and O–H groups in total. The van der Waals surface area contributed by atoms with Crippen LogP contribution in [0.1, 0.15) is 38.7 Å². The van der Waals surface area contributed by atoms with Gasteiger partial charge in [0.2, 0.25) is 10.0 Å². The Morgan fingerprint density at radius 2 is 2.05 bits per heavy atom. The van der Waals surface area contributed by atoms with Crippen molar-refractivity contribution in [3.05, 3.63) is 28.2 Å². The zero-order chi connectivity index (χ0) is 14.5. The molecule has 19 heavy (non-hydrogen) atoms. The molecule has 0 fully saturated rings. The van der Waals surface area contributed by atoms with Crippen LogP contribution in [0.2, 0.25) is 0 Å². The summed E-state index contributed by atoms with van der Waals surface area (Å²) in [7, 11) is -3.57. The molecule has 0 aliphatic carbocycles. The average Bonchev–Trinajstić information content (AvgIpc) is 2.38. The van der Waals surface area contributed by atoms with Crippen molar-refractivity contribution in [3.8, 4) is 0 Å². The molecule has 0 heterocycles. The van der Waals surface area contributed by atoms with Crippen LogP contribution in [-0.2, 0) is 16.6 Å². The maximum atomic E-state index is 12.3. The van der Waals surface area contributed by atoms with Crippen LogP contribution in [-0.4, -0.2) is 19.6 Å². The first-order chi connectivity index (χ1) is 8.94. The molecule has 0 radical (unpaired) electrons. The third-order valence-electron chi connectivity index (χ3n) is 2.92. The van der Waals surface area contributed by atoms with E-state index in [1.807, 2.05) is 13.8 Å². The number of aliphatic hydroxyl groups excluding tert-OH is 1. The molecule has 1 aromatic carbocycles. The predicted octanol–water partition coefficient (Wildman–Crippen LogP) is 2.80. The van der Waals surface area contributed by atoms with Gasteiger partial charge in [0.1, 0.15) is 0 Å². The van der Waals surface area contributed by atoms with Crippen molar-refractivity contribution >= 4 is 26.0 Å². The minimum atomic E-state index is -3.57. The van der Waals surface area contributed by atoms with Crippen LogP contribution < -0.4 is 4.72 Å². The van der Waals surface area contributed by atoms with Crippen LogP contribution >= 0.6 is 15.9 Å². The Morgan fingerprint density at radius 3 is 2.58 bits per heavy atom. The van der Waals surface area contributed by atoms with Crippen molar-refractivity contribution in [3.63, 3.8) is 0 Å². The summed E-state index contributed by atoms with van der Waals surface area (Å²) in [6, 6.07) is 4.76. The summed E-state index contributed by atoms with van der Waals surface area (Å²) < 4.78 is 27.9. The van der Waals surface area contributed by atoms with E-state index in [-0.39, 0.29) is 17.5 Å². The maximum Gasteiger partial charge on any atom is 0.241 e. The van der Waals surface area contributed by atoms with Crippen molar-refractivity contribution in [2.45, 2.75) is 50.7 Å². The van der Waals surface area contributed by atoms with E-state index in [2.05, 4.69) is 20.7 Å². The van der Waals surface area contributed by atoms with E-state index in [0.29, 0.717) is 10.0 Å². The second-order valence-corrected chi connectivity index (χ2v) is 6.97. The molecule has 1 unspecified atom stereocenters. The van der Waals surface area contributed by atoms with Gasteiger partial charge < -0.3 is 5.11 Å². The largest absolute Gasteiger partial charge is 0.392 e. The standard InChI is InChI=1S/C13H20BrNO3S/c1-3-5-11(4-2)15-19(17,18)13-8-10(9-16)6-7-12(13)14/h6-8,11,15-16H,3-5,9H2,1-2H3. The van der Waals surface area contributed by atoms with Crippen molar-refractivity contribution in [1.29, 1.82) is 0 Å². The molecular formula is C13H20BrNO3S. The molecule has 0 amide bonds. The number of aliphatic hydroxyl groups is 1. The van der Waals surface area contributed by atoms with E-state index >= 15 is 0 Å². The third kappa shape index (κ3) is 4.56. The average molecular weight is 350 g/mol. The van der Waals surface area contributed by atoms with Gasteiger partial charge in [-0.05, 0) is 46.5 Å². The highest BCUT2D eigenvalue weighted by molar-refractivity contribution is 9.10. The van der Waals surface area contributed by atoms with Gasteiger partial charge in [0.15, 0.2) is 0 Å². The van der Waals surface area contributed by atoms with Crippen LogP contribution in [0.15, 0.2) is 27.6 Å². The molecule has 1 atom stereocenters. The zero-order valence-electron chi connectivity index (χ0n) is 11.2. The number of benzene rings is 1. The van der Waals surface area contributed by atoms with Crippen molar-refractivity contribution in [2.75, 3.05) is 0 Å². The highest BCUT2D eigenvalue weighted by Crippen LogP contribution is 2.24. The van der Waals surface area contributed by atoms with Crippen LogP contribution in [0.5, 0.6) is 0 Å². The van der Waals surface area contributed by atoms with E-state index in [9.17, 15) is 8.42 Å². The number of sulfonamides is 1. The lowest BCUT2D eigenvalue weighted by Gasteiger charge is -2.17. The Labute approximate surface area is 123 Å². The summed E-state index contributed by atoms with van der Waals surface area (Å²) >= 11 is 3.25. The van der Waals surface area contributed by atoms with E-state index < -0.39 is 10.0 Å². The first-order valence-corrected chi connectivity index (χ1v) is 8.63.